The van der Waals surface area contributed by atoms with Crippen LogP contribution in [0.4, 0.5) is 5.69 Å². The number of anilines is 1. The molecule has 0 atom stereocenters. The average Bonchev–Trinajstić information content (AvgIpc) is 2.91. The third-order valence-corrected chi connectivity index (χ3v) is 2.80. The molecule has 2 heterocycles. The Kier molecular flexibility index (Phi) is 2.97. The smallest absolute Gasteiger partial charge is 0.177 e. The average molecular weight is 255 g/mol. The van der Waals surface area contributed by atoms with Crippen molar-refractivity contribution in [3.8, 4) is 18.0 Å². The number of aryl methyl sites for hydroxylation is 1. The van der Waals surface area contributed by atoms with Crippen LogP contribution in [0, 0.1) is 29.6 Å². The number of nitriles is 2. The maximum absolute atomic E-state index is 9.18. The first kappa shape index (κ1) is 12.7. The molecule has 0 amide bonds. The molecule has 96 valence electrons. The molecule has 0 aliphatic rings. The van der Waals surface area contributed by atoms with E-state index in [1.807, 2.05) is 26.0 Å². The number of aromatic nitrogens is 4. The molecule has 0 saturated heterocycles. The van der Waals surface area contributed by atoms with Crippen molar-refractivity contribution in [3.05, 3.63) is 23.4 Å². The van der Waals surface area contributed by atoms with E-state index < -0.39 is 0 Å². The molecule has 0 saturated carbocycles. The van der Waals surface area contributed by atoms with E-state index in [1.165, 1.54) is 10.9 Å². The van der Waals surface area contributed by atoms with E-state index in [0.29, 0.717) is 17.2 Å². The van der Waals surface area contributed by atoms with Gasteiger partial charge in [-0.25, -0.2) is 9.67 Å². The third kappa shape index (κ3) is 1.81. The third-order valence-electron chi connectivity index (χ3n) is 2.80. The van der Waals surface area contributed by atoms with Crippen LogP contribution in [-0.2, 0) is 0 Å². The van der Waals surface area contributed by atoms with Gasteiger partial charge in [-0.3, -0.25) is 4.57 Å². The Hall–Kier alpha value is -2.80. The zero-order valence-corrected chi connectivity index (χ0v) is 10.9. The number of hydrogen-bond donors (Lipinski definition) is 1. The van der Waals surface area contributed by atoms with Gasteiger partial charge in [-0.2, -0.15) is 15.6 Å². The Bertz CT molecular complexity index is 706. The highest BCUT2D eigenvalue weighted by Gasteiger charge is 2.21. The van der Waals surface area contributed by atoms with Gasteiger partial charge in [0.15, 0.2) is 17.2 Å². The summed E-state index contributed by atoms with van der Waals surface area (Å²) < 4.78 is 3.22. The zero-order chi connectivity index (χ0) is 14.2. The van der Waals surface area contributed by atoms with Crippen molar-refractivity contribution in [2.75, 3.05) is 5.73 Å². The lowest BCUT2D eigenvalue weighted by Gasteiger charge is -2.12. The van der Waals surface area contributed by atoms with E-state index in [2.05, 4.69) is 10.1 Å². The Morgan fingerprint density at radius 1 is 1.32 bits per heavy atom. The molecule has 2 rings (SSSR count). The van der Waals surface area contributed by atoms with E-state index >= 15 is 0 Å². The highest BCUT2D eigenvalue weighted by Crippen LogP contribution is 2.26. The molecule has 2 N–H and O–H groups in total. The van der Waals surface area contributed by atoms with Gasteiger partial charge in [0.05, 0.1) is 11.4 Å². The molecule has 2 aromatic heterocycles. The van der Waals surface area contributed by atoms with Gasteiger partial charge in [-0.1, -0.05) is 0 Å². The van der Waals surface area contributed by atoms with Crippen molar-refractivity contribution in [2.24, 2.45) is 0 Å². The van der Waals surface area contributed by atoms with Gasteiger partial charge in [0.2, 0.25) is 0 Å². The molecule has 0 fully saturated rings. The molecule has 19 heavy (non-hydrogen) atoms. The lowest BCUT2D eigenvalue weighted by molar-refractivity contribution is 0.518. The maximum Gasteiger partial charge on any atom is 0.177 e. The standard InChI is InChI=1S/C12H13N7/c1-7(2)19-12(11(15)8(3)17-19)18-6-16-9(4-13)10(18)5-14/h6-7H,15H2,1-3H3. The lowest BCUT2D eigenvalue weighted by Crippen LogP contribution is -2.11. The maximum atomic E-state index is 9.18. The van der Waals surface area contributed by atoms with Crippen molar-refractivity contribution in [2.45, 2.75) is 26.8 Å². The molecule has 0 aromatic carbocycles. The molecule has 0 aliphatic heterocycles. The van der Waals surface area contributed by atoms with Crippen LogP contribution in [0.3, 0.4) is 0 Å². The first-order valence-electron chi connectivity index (χ1n) is 5.73. The van der Waals surface area contributed by atoms with Crippen LogP contribution in [-0.4, -0.2) is 19.3 Å². The summed E-state index contributed by atoms with van der Waals surface area (Å²) in [6.45, 7) is 5.72. The molecular weight excluding hydrogens is 242 g/mol. The first-order chi connectivity index (χ1) is 9.01. The minimum Gasteiger partial charge on any atom is -0.394 e. The summed E-state index contributed by atoms with van der Waals surface area (Å²) >= 11 is 0. The van der Waals surface area contributed by atoms with E-state index in [0.717, 1.165) is 0 Å². The minimum absolute atomic E-state index is 0.0745. The highest BCUT2D eigenvalue weighted by molar-refractivity contribution is 5.59. The van der Waals surface area contributed by atoms with Gasteiger partial charge in [-0.15, -0.1) is 0 Å². The van der Waals surface area contributed by atoms with E-state index in [1.54, 1.807) is 11.6 Å². The van der Waals surface area contributed by atoms with Crippen LogP contribution < -0.4 is 5.73 Å². The fourth-order valence-electron chi connectivity index (χ4n) is 1.85. The van der Waals surface area contributed by atoms with E-state index in [4.69, 9.17) is 11.0 Å². The van der Waals surface area contributed by atoms with E-state index in [-0.39, 0.29) is 17.4 Å². The van der Waals surface area contributed by atoms with Gasteiger partial charge in [-0.05, 0) is 20.8 Å². The number of hydrogen-bond acceptors (Lipinski definition) is 5. The van der Waals surface area contributed by atoms with Crippen molar-refractivity contribution >= 4 is 5.69 Å². The second-order valence-electron chi connectivity index (χ2n) is 4.40. The summed E-state index contributed by atoms with van der Waals surface area (Å²) in [5.41, 5.74) is 7.43. The summed E-state index contributed by atoms with van der Waals surface area (Å²) in [5, 5.41) is 22.5. The fraction of sp³-hybridized carbons (Fsp3) is 0.333. The quantitative estimate of drug-likeness (QED) is 0.869. The Balaban J connectivity index is 2.77. The minimum atomic E-state index is 0.0745. The Morgan fingerprint density at radius 3 is 2.53 bits per heavy atom. The summed E-state index contributed by atoms with van der Waals surface area (Å²) in [7, 11) is 0. The summed E-state index contributed by atoms with van der Waals surface area (Å²) in [6, 6.07) is 3.94. The number of nitrogen functional groups attached to an aromatic ring is 1. The van der Waals surface area contributed by atoms with Crippen LogP contribution in [0.1, 0.15) is 37.0 Å². The van der Waals surface area contributed by atoms with Crippen molar-refractivity contribution in [3.63, 3.8) is 0 Å². The zero-order valence-electron chi connectivity index (χ0n) is 10.9. The molecule has 2 aromatic rings. The molecule has 0 radical (unpaired) electrons. The molecule has 0 spiro atoms. The first-order valence-corrected chi connectivity index (χ1v) is 5.73. The van der Waals surface area contributed by atoms with Gasteiger partial charge in [0.25, 0.3) is 0 Å². The van der Waals surface area contributed by atoms with Crippen LogP contribution in [0.5, 0.6) is 0 Å². The van der Waals surface area contributed by atoms with Gasteiger partial charge < -0.3 is 5.73 Å². The van der Waals surface area contributed by atoms with Crippen LogP contribution in [0.25, 0.3) is 5.82 Å². The normalized spacial score (nSPS) is 10.4. The molecule has 7 heteroatoms. The van der Waals surface area contributed by atoms with Crippen LogP contribution in [0.2, 0.25) is 0 Å². The van der Waals surface area contributed by atoms with Gasteiger partial charge in [0.1, 0.15) is 18.5 Å². The Morgan fingerprint density at radius 2 is 2.00 bits per heavy atom. The Labute approximate surface area is 110 Å². The van der Waals surface area contributed by atoms with E-state index in [9.17, 15) is 5.26 Å². The molecular formula is C12H13N7. The summed E-state index contributed by atoms with van der Waals surface area (Å²) in [4.78, 5) is 3.92. The van der Waals surface area contributed by atoms with Crippen molar-refractivity contribution in [1.82, 2.24) is 19.3 Å². The largest absolute Gasteiger partial charge is 0.394 e. The van der Waals surface area contributed by atoms with Crippen molar-refractivity contribution < 1.29 is 0 Å². The second-order valence-corrected chi connectivity index (χ2v) is 4.40. The molecule has 0 aliphatic carbocycles. The summed E-state index contributed by atoms with van der Waals surface area (Å²) in [6.07, 6.45) is 1.42. The van der Waals surface area contributed by atoms with Crippen LogP contribution >= 0.6 is 0 Å². The number of rotatable bonds is 2. The summed E-state index contributed by atoms with van der Waals surface area (Å²) in [5.74, 6) is 0.568. The SMILES string of the molecule is Cc1nn(C(C)C)c(-n2cnc(C#N)c2C#N)c1N. The molecule has 0 bridgehead atoms. The predicted octanol–water partition coefficient (Wildman–Crippen LogP) is 1.28. The molecule has 0 unspecified atom stereocenters. The van der Waals surface area contributed by atoms with Crippen LogP contribution in [0.15, 0.2) is 6.33 Å². The van der Waals surface area contributed by atoms with Gasteiger partial charge >= 0.3 is 0 Å². The van der Waals surface area contributed by atoms with Gasteiger partial charge in [0, 0.05) is 6.04 Å². The van der Waals surface area contributed by atoms with Crippen molar-refractivity contribution in [1.29, 1.82) is 10.5 Å². The predicted molar refractivity (Wildman–Crippen MR) is 68.3 cm³/mol. The number of nitrogens with zero attached hydrogens (tertiary/aromatic N) is 6. The monoisotopic (exact) mass is 255 g/mol. The topological polar surface area (TPSA) is 109 Å². The second kappa shape index (κ2) is 4.46. The number of nitrogens with two attached hydrogens (primary N) is 1. The highest BCUT2D eigenvalue weighted by atomic mass is 15.4. The fourth-order valence-corrected chi connectivity index (χ4v) is 1.85. The molecule has 7 nitrogen and oxygen atoms in total. The number of imidazole rings is 1. The lowest BCUT2D eigenvalue weighted by atomic mass is 10.3.